The summed E-state index contributed by atoms with van der Waals surface area (Å²) in [7, 11) is 1.62. The molecule has 1 aromatic heterocycles. The van der Waals surface area contributed by atoms with E-state index >= 15 is 0 Å². The van der Waals surface area contributed by atoms with Gasteiger partial charge in [0.05, 0.1) is 5.56 Å². The van der Waals surface area contributed by atoms with Crippen LogP contribution in [-0.2, 0) is 18.4 Å². The van der Waals surface area contributed by atoms with E-state index in [2.05, 4.69) is 20.8 Å². The number of hydrogen-bond donors (Lipinski definition) is 1. The number of aryl methyl sites for hydroxylation is 1. The average molecular weight is 365 g/mol. The van der Waals surface area contributed by atoms with Crippen LogP contribution in [0.25, 0.3) is 0 Å². The number of nitrogens with zero attached hydrogens (tertiary/aromatic N) is 4. The number of aromatic nitrogens is 4. The van der Waals surface area contributed by atoms with Crippen LogP contribution in [-0.4, -0.2) is 32.1 Å². The molecule has 0 bridgehead atoms. The molecule has 0 saturated heterocycles. The number of nitrogens with one attached hydrogen (secondary N) is 1. The van der Waals surface area contributed by atoms with Crippen LogP contribution in [0, 0.1) is 13.8 Å². The summed E-state index contributed by atoms with van der Waals surface area (Å²) in [5, 5.41) is 13.5. The second-order valence-corrected chi connectivity index (χ2v) is 6.05. The summed E-state index contributed by atoms with van der Waals surface area (Å²) in [4.78, 5) is 24.9. The zero-order chi connectivity index (χ0) is 19.4. The summed E-state index contributed by atoms with van der Waals surface area (Å²) in [6.45, 7) is 3.77. The van der Waals surface area contributed by atoms with Crippen molar-refractivity contribution in [3.05, 3.63) is 70.3 Å². The molecule has 8 nitrogen and oxygen atoms in total. The molecule has 2 aromatic carbocycles. The van der Waals surface area contributed by atoms with Gasteiger partial charge in [-0.1, -0.05) is 35.4 Å². The third-order valence-corrected chi connectivity index (χ3v) is 4.31. The zero-order valence-corrected chi connectivity index (χ0v) is 15.3. The number of hydrogen-bond acceptors (Lipinski definition) is 6. The van der Waals surface area contributed by atoms with Gasteiger partial charge in [-0.2, -0.15) is 0 Å². The van der Waals surface area contributed by atoms with Gasteiger partial charge < -0.3 is 4.74 Å². The number of tetrazole rings is 1. The van der Waals surface area contributed by atoms with Crippen molar-refractivity contribution >= 4 is 17.8 Å². The Morgan fingerprint density at radius 2 is 1.70 bits per heavy atom. The maximum absolute atomic E-state index is 12.5. The second kappa shape index (κ2) is 7.77. The first kappa shape index (κ1) is 18.2. The van der Waals surface area contributed by atoms with Crippen LogP contribution in [0.1, 0.15) is 37.4 Å². The second-order valence-electron chi connectivity index (χ2n) is 6.05. The molecule has 1 heterocycles. The van der Waals surface area contributed by atoms with Gasteiger partial charge in [-0.25, -0.2) is 9.48 Å². The van der Waals surface area contributed by atoms with Gasteiger partial charge in [0.25, 0.3) is 5.91 Å². The first-order chi connectivity index (χ1) is 13.0. The first-order valence-electron chi connectivity index (χ1n) is 8.32. The van der Waals surface area contributed by atoms with Crippen LogP contribution in [0.2, 0.25) is 0 Å². The molecule has 3 rings (SSSR count). The molecule has 0 aliphatic heterocycles. The number of benzene rings is 2. The number of esters is 1. The van der Waals surface area contributed by atoms with Crippen LogP contribution in [0.5, 0.6) is 0 Å². The highest BCUT2D eigenvalue weighted by Crippen LogP contribution is 2.20. The number of rotatable bonds is 5. The Balaban J connectivity index is 1.75. The van der Waals surface area contributed by atoms with E-state index in [-0.39, 0.29) is 18.5 Å². The third kappa shape index (κ3) is 4.00. The highest BCUT2D eigenvalue weighted by atomic mass is 16.5. The van der Waals surface area contributed by atoms with Gasteiger partial charge in [0.2, 0.25) is 5.95 Å². The molecule has 8 heteroatoms. The monoisotopic (exact) mass is 365 g/mol. The topological polar surface area (TPSA) is 99.0 Å². The van der Waals surface area contributed by atoms with E-state index in [0.29, 0.717) is 22.3 Å². The van der Waals surface area contributed by atoms with E-state index in [1.54, 1.807) is 33.0 Å². The first-order valence-corrected chi connectivity index (χ1v) is 8.32. The molecule has 0 saturated carbocycles. The van der Waals surface area contributed by atoms with E-state index < -0.39 is 5.97 Å². The van der Waals surface area contributed by atoms with Crippen molar-refractivity contribution in [3.63, 3.8) is 0 Å². The van der Waals surface area contributed by atoms with Gasteiger partial charge in [0, 0.05) is 12.6 Å². The van der Waals surface area contributed by atoms with Crippen molar-refractivity contribution < 1.29 is 14.3 Å². The van der Waals surface area contributed by atoms with Gasteiger partial charge >= 0.3 is 5.97 Å². The highest BCUT2D eigenvalue weighted by Gasteiger charge is 2.19. The van der Waals surface area contributed by atoms with Crippen molar-refractivity contribution in [3.8, 4) is 0 Å². The van der Waals surface area contributed by atoms with E-state index in [1.807, 2.05) is 30.3 Å². The minimum atomic E-state index is -0.427. The largest absolute Gasteiger partial charge is 0.457 e. The Hall–Kier alpha value is -3.55. The van der Waals surface area contributed by atoms with E-state index in [9.17, 15) is 9.59 Å². The molecular weight excluding hydrogens is 346 g/mol. The van der Waals surface area contributed by atoms with Crippen LogP contribution in [0.3, 0.4) is 0 Å². The molecule has 0 unspecified atom stereocenters. The van der Waals surface area contributed by atoms with Crippen LogP contribution in [0.15, 0.2) is 42.5 Å². The molecule has 1 N–H and O–H groups in total. The Bertz CT molecular complexity index is 982. The molecule has 0 atom stereocenters. The van der Waals surface area contributed by atoms with Crippen molar-refractivity contribution in [2.75, 3.05) is 5.32 Å². The predicted octanol–water partition coefficient (Wildman–Crippen LogP) is 2.44. The Labute approximate surface area is 156 Å². The van der Waals surface area contributed by atoms with Crippen molar-refractivity contribution in [2.45, 2.75) is 20.5 Å². The van der Waals surface area contributed by atoms with Crippen LogP contribution in [0.4, 0.5) is 5.95 Å². The molecule has 0 radical (unpaired) electrons. The third-order valence-electron chi connectivity index (χ3n) is 4.31. The van der Waals surface area contributed by atoms with E-state index in [1.165, 1.54) is 4.68 Å². The molecule has 0 aliphatic carbocycles. The summed E-state index contributed by atoms with van der Waals surface area (Å²) >= 11 is 0. The quantitative estimate of drug-likeness (QED) is 0.697. The van der Waals surface area contributed by atoms with Crippen LogP contribution < -0.4 is 5.32 Å². The van der Waals surface area contributed by atoms with Crippen molar-refractivity contribution in [1.29, 1.82) is 0 Å². The van der Waals surface area contributed by atoms with Gasteiger partial charge in [-0.15, -0.1) is 0 Å². The summed E-state index contributed by atoms with van der Waals surface area (Å²) in [5.41, 5.74) is 3.16. The highest BCUT2D eigenvalue weighted by molar-refractivity contribution is 6.05. The van der Waals surface area contributed by atoms with Gasteiger partial charge in [-0.3, -0.25) is 10.1 Å². The lowest BCUT2D eigenvalue weighted by molar-refractivity contribution is 0.0471. The SMILES string of the molecule is Cc1c(C(=O)Nc2nnnn2C)ccc(C(=O)OCc2ccccc2)c1C. The summed E-state index contributed by atoms with van der Waals surface area (Å²) in [6, 6.07) is 12.7. The Kier molecular flexibility index (Phi) is 5.25. The lowest BCUT2D eigenvalue weighted by Gasteiger charge is -2.13. The fourth-order valence-electron chi connectivity index (χ4n) is 2.59. The standard InChI is InChI=1S/C19H19N5O3/c1-12-13(2)16(18(26)27-11-14-7-5-4-6-8-14)10-9-15(12)17(25)20-19-21-22-23-24(19)3/h4-10H,11H2,1-3H3,(H,20,21,23,25). The lowest BCUT2D eigenvalue weighted by Crippen LogP contribution is -2.18. The number of ether oxygens (including phenoxy) is 1. The molecule has 27 heavy (non-hydrogen) atoms. The van der Waals surface area contributed by atoms with Crippen LogP contribution >= 0.6 is 0 Å². The van der Waals surface area contributed by atoms with Crippen molar-refractivity contribution in [2.24, 2.45) is 7.05 Å². The van der Waals surface area contributed by atoms with Gasteiger partial charge in [-0.05, 0) is 53.1 Å². The summed E-state index contributed by atoms with van der Waals surface area (Å²) in [6.07, 6.45) is 0. The summed E-state index contributed by atoms with van der Waals surface area (Å²) in [5.74, 6) is -0.537. The number of anilines is 1. The number of carbonyl (C=O) groups excluding carboxylic acids is 2. The molecule has 0 fully saturated rings. The van der Waals surface area contributed by atoms with Gasteiger partial charge in [0.15, 0.2) is 0 Å². The summed E-state index contributed by atoms with van der Waals surface area (Å²) < 4.78 is 6.74. The fourth-order valence-corrected chi connectivity index (χ4v) is 2.59. The average Bonchev–Trinajstić information content (AvgIpc) is 3.07. The Morgan fingerprint density at radius 3 is 2.37 bits per heavy atom. The Morgan fingerprint density at radius 1 is 1.04 bits per heavy atom. The number of carbonyl (C=O) groups is 2. The van der Waals surface area contributed by atoms with Gasteiger partial charge in [0.1, 0.15) is 6.61 Å². The molecule has 3 aromatic rings. The zero-order valence-electron chi connectivity index (χ0n) is 15.3. The minimum Gasteiger partial charge on any atom is -0.457 e. The number of amides is 1. The lowest BCUT2D eigenvalue weighted by atomic mass is 9.97. The molecule has 138 valence electrons. The fraction of sp³-hybridized carbons (Fsp3) is 0.211. The predicted molar refractivity (Wildman–Crippen MR) is 98.2 cm³/mol. The smallest absolute Gasteiger partial charge is 0.338 e. The molecule has 1 amide bonds. The molecule has 0 aliphatic rings. The minimum absolute atomic E-state index is 0.194. The maximum Gasteiger partial charge on any atom is 0.338 e. The van der Waals surface area contributed by atoms with E-state index in [4.69, 9.17) is 4.74 Å². The molecular formula is C19H19N5O3. The maximum atomic E-state index is 12.5. The normalized spacial score (nSPS) is 10.5. The molecule has 0 spiro atoms. The van der Waals surface area contributed by atoms with E-state index in [0.717, 1.165) is 5.56 Å². The van der Waals surface area contributed by atoms with Crippen molar-refractivity contribution in [1.82, 2.24) is 20.2 Å².